The van der Waals surface area contributed by atoms with Crippen LogP contribution in [0.2, 0.25) is 0 Å². The van der Waals surface area contributed by atoms with Gasteiger partial charge in [0.05, 0.1) is 13.0 Å². The molecule has 1 aromatic rings. The van der Waals surface area contributed by atoms with Gasteiger partial charge in [-0.2, -0.15) is 4.31 Å². The Kier molecular flexibility index (Phi) is 4.35. The fourth-order valence-electron chi connectivity index (χ4n) is 2.37. The van der Waals surface area contributed by atoms with E-state index in [2.05, 4.69) is 4.74 Å². The van der Waals surface area contributed by atoms with Crippen molar-refractivity contribution in [2.75, 3.05) is 20.2 Å². The molecule has 0 saturated carbocycles. The van der Waals surface area contributed by atoms with Crippen molar-refractivity contribution < 1.29 is 27.9 Å². The lowest BCUT2D eigenvalue weighted by Gasteiger charge is -2.15. The molecular formula is C12H15NO6S2. The summed E-state index contributed by atoms with van der Waals surface area (Å²) in [5.74, 6) is -2.44. The first kappa shape index (κ1) is 15.9. The first-order valence-corrected chi connectivity index (χ1v) is 8.49. The number of aromatic carboxylic acids is 1. The molecule has 0 aromatic carbocycles. The number of methoxy groups -OCH3 is 1. The lowest BCUT2D eigenvalue weighted by atomic mass is 9.99. The van der Waals surface area contributed by atoms with Crippen LogP contribution < -0.4 is 0 Å². The highest BCUT2D eigenvalue weighted by atomic mass is 32.2. The van der Waals surface area contributed by atoms with Gasteiger partial charge in [0.25, 0.3) is 0 Å². The van der Waals surface area contributed by atoms with E-state index in [0.717, 1.165) is 15.6 Å². The molecule has 1 aliphatic rings. The maximum Gasteiger partial charge on any atom is 0.347 e. The third-order valence-electron chi connectivity index (χ3n) is 3.52. The molecule has 0 bridgehead atoms. The Morgan fingerprint density at radius 2 is 2.10 bits per heavy atom. The van der Waals surface area contributed by atoms with Crippen molar-refractivity contribution in [2.45, 2.75) is 11.8 Å². The molecule has 9 heteroatoms. The van der Waals surface area contributed by atoms with Gasteiger partial charge in [0.1, 0.15) is 9.77 Å². The van der Waals surface area contributed by atoms with Crippen LogP contribution in [-0.2, 0) is 19.6 Å². The summed E-state index contributed by atoms with van der Waals surface area (Å²) in [4.78, 5) is 22.3. The van der Waals surface area contributed by atoms with Gasteiger partial charge in [-0.1, -0.05) is 6.92 Å². The van der Waals surface area contributed by atoms with E-state index >= 15 is 0 Å². The molecule has 1 aromatic heterocycles. The standard InChI is InChI=1S/C12H15NO6S2/c1-7-5-13(6-8(7)12(16)19-2)21(17,18)9-3-4-20-10(9)11(14)15/h3-4,7-8H,5-6H2,1-2H3,(H,14,15). The van der Waals surface area contributed by atoms with Gasteiger partial charge in [0.15, 0.2) is 0 Å². The fraction of sp³-hybridized carbons (Fsp3) is 0.500. The highest BCUT2D eigenvalue weighted by molar-refractivity contribution is 7.89. The highest BCUT2D eigenvalue weighted by Gasteiger charge is 2.42. The van der Waals surface area contributed by atoms with Crippen LogP contribution in [0, 0.1) is 11.8 Å². The Bertz CT molecular complexity index is 665. The molecule has 7 nitrogen and oxygen atoms in total. The van der Waals surface area contributed by atoms with Crippen molar-refractivity contribution in [3.8, 4) is 0 Å². The normalized spacial score (nSPS) is 23.1. The molecule has 2 heterocycles. The first-order valence-electron chi connectivity index (χ1n) is 6.17. The zero-order valence-electron chi connectivity index (χ0n) is 11.5. The largest absolute Gasteiger partial charge is 0.477 e. The third-order valence-corrected chi connectivity index (χ3v) is 6.43. The van der Waals surface area contributed by atoms with E-state index in [1.807, 2.05) is 0 Å². The molecule has 0 radical (unpaired) electrons. The van der Waals surface area contributed by atoms with Crippen LogP contribution in [0.15, 0.2) is 16.3 Å². The molecule has 2 unspecified atom stereocenters. The smallest absolute Gasteiger partial charge is 0.347 e. The summed E-state index contributed by atoms with van der Waals surface area (Å²) in [6, 6.07) is 1.28. The van der Waals surface area contributed by atoms with Crippen LogP contribution in [0.1, 0.15) is 16.6 Å². The van der Waals surface area contributed by atoms with Crippen molar-refractivity contribution in [3.05, 3.63) is 16.3 Å². The maximum atomic E-state index is 12.5. The van der Waals surface area contributed by atoms with Gasteiger partial charge in [0.2, 0.25) is 10.0 Å². The van der Waals surface area contributed by atoms with E-state index in [-0.39, 0.29) is 28.8 Å². The van der Waals surface area contributed by atoms with Crippen molar-refractivity contribution in [1.29, 1.82) is 0 Å². The van der Waals surface area contributed by atoms with Gasteiger partial charge < -0.3 is 9.84 Å². The maximum absolute atomic E-state index is 12.5. The molecule has 0 spiro atoms. The summed E-state index contributed by atoms with van der Waals surface area (Å²) in [6.45, 7) is 1.94. The number of thiophene rings is 1. The summed E-state index contributed by atoms with van der Waals surface area (Å²) in [7, 11) is -2.67. The second-order valence-corrected chi connectivity index (χ2v) is 7.67. The molecule has 2 atom stereocenters. The second-order valence-electron chi connectivity index (χ2n) is 4.85. The number of sulfonamides is 1. The number of carboxylic acid groups (broad SMARTS) is 1. The molecule has 0 aliphatic carbocycles. The fourth-order valence-corrected chi connectivity index (χ4v) is 5.17. The van der Waals surface area contributed by atoms with Crippen LogP contribution in [0.25, 0.3) is 0 Å². The Morgan fingerprint density at radius 3 is 2.67 bits per heavy atom. The van der Waals surface area contributed by atoms with Gasteiger partial charge >= 0.3 is 11.9 Å². The zero-order valence-corrected chi connectivity index (χ0v) is 13.1. The molecule has 2 rings (SSSR count). The average molecular weight is 333 g/mol. The molecule has 0 amide bonds. The molecule has 1 aliphatic heterocycles. The number of carbonyl (C=O) groups excluding carboxylic acids is 1. The van der Waals surface area contributed by atoms with Gasteiger partial charge in [-0.25, -0.2) is 13.2 Å². The summed E-state index contributed by atoms with van der Waals surface area (Å²) >= 11 is 0.859. The van der Waals surface area contributed by atoms with E-state index in [1.165, 1.54) is 18.6 Å². The van der Waals surface area contributed by atoms with Crippen molar-refractivity contribution >= 4 is 33.3 Å². The predicted octanol–water partition coefficient (Wildman–Crippen LogP) is 0.876. The van der Waals surface area contributed by atoms with Gasteiger partial charge in [-0.3, -0.25) is 4.79 Å². The molecule has 116 valence electrons. The Labute approximate surface area is 126 Å². The zero-order chi connectivity index (χ0) is 15.8. The van der Waals surface area contributed by atoms with E-state index in [0.29, 0.717) is 0 Å². The average Bonchev–Trinajstić information content (AvgIpc) is 3.04. The topological polar surface area (TPSA) is 101 Å². The summed E-state index contributed by atoms with van der Waals surface area (Å²) in [5, 5.41) is 10.5. The molecule has 1 saturated heterocycles. The number of hydrogen-bond donors (Lipinski definition) is 1. The molecular weight excluding hydrogens is 318 g/mol. The quantitative estimate of drug-likeness (QED) is 0.821. The number of rotatable bonds is 4. The summed E-state index contributed by atoms with van der Waals surface area (Å²) in [5.41, 5.74) is 0. The van der Waals surface area contributed by atoms with Gasteiger partial charge in [-0.05, 0) is 17.4 Å². The monoisotopic (exact) mass is 333 g/mol. The van der Waals surface area contributed by atoms with Crippen LogP contribution >= 0.6 is 11.3 Å². The number of carboxylic acids is 1. The third kappa shape index (κ3) is 2.81. The molecule has 1 N–H and O–H groups in total. The van der Waals surface area contributed by atoms with Crippen molar-refractivity contribution in [1.82, 2.24) is 4.31 Å². The molecule has 1 fully saturated rings. The second kappa shape index (κ2) is 5.74. The Hall–Kier alpha value is -1.45. The molecule has 21 heavy (non-hydrogen) atoms. The number of hydrogen-bond acceptors (Lipinski definition) is 6. The van der Waals surface area contributed by atoms with Crippen LogP contribution in [0.5, 0.6) is 0 Å². The van der Waals surface area contributed by atoms with Gasteiger partial charge in [0, 0.05) is 13.1 Å². The van der Waals surface area contributed by atoms with E-state index in [4.69, 9.17) is 5.11 Å². The first-order chi connectivity index (χ1) is 9.78. The SMILES string of the molecule is COC(=O)C1CN(S(=O)(=O)c2ccsc2C(=O)O)CC1C. The van der Waals surface area contributed by atoms with Crippen LogP contribution in [-0.4, -0.2) is 50.0 Å². The lowest BCUT2D eigenvalue weighted by molar-refractivity contribution is -0.145. The lowest BCUT2D eigenvalue weighted by Crippen LogP contribution is -2.31. The number of esters is 1. The minimum absolute atomic E-state index is 0.00504. The Balaban J connectivity index is 2.32. The van der Waals surface area contributed by atoms with Crippen LogP contribution in [0.4, 0.5) is 0 Å². The number of nitrogens with zero attached hydrogens (tertiary/aromatic N) is 1. The van der Waals surface area contributed by atoms with E-state index < -0.39 is 27.9 Å². The number of ether oxygens (including phenoxy) is 1. The number of carbonyl (C=O) groups is 2. The minimum atomic E-state index is -3.92. The van der Waals surface area contributed by atoms with E-state index in [1.54, 1.807) is 6.92 Å². The van der Waals surface area contributed by atoms with Crippen molar-refractivity contribution in [3.63, 3.8) is 0 Å². The van der Waals surface area contributed by atoms with Gasteiger partial charge in [-0.15, -0.1) is 11.3 Å². The van der Waals surface area contributed by atoms with Crippen molar-refractivity contribution in [2.24, 2.45) is 11.8 Å². The van der Waals surface area contributed by atoms with Crippen LogP contribution in [0.3, 0.4) is 0 Å². The summed E-state index contributed by atoms with van der Waals surface area (Å²) in [6.07, 6.45) is 0. The minimum Gasteiger partial charge on any atom is -0.477 e. The Morgan fingerprint density at radius 1 is 1.43 bits per heavy atom. The summed E-state index contributed by atoms with van der Waals surface area (Å²) < 4.78 is 30.9. The van der Waals surface area contributed by atoms with E-state index in [9.17, 15) is 18.0 Å². The highest BCUT2D eigenvalue weighted by Crippen LogP contribution is 2.32. The predicted molar refractivity (Wildman–Crippen MR) is 74.7 cm³/mol.